The SMILES string of the molecule is CCCCCCCCC=CCCCCCCCC(=O)OC(C)COCC(C)O. The van der Waals surface area contributed by atoms with Crippen LogP contribution in [0.25, 0.3) is 0 Å². The molecule has 0 aromatic carbocycles. The van der Waals surface area contributed by atoms with E-state index in [1.165, 1.54) is 70.6 Å². The van der Waals surface area contributed by atoms with Gasteiger partial charge in [-0.25, -0.2) is 0 Å². The van der Waals surface area contributed by atoms with Crippen molar-refractivity contribution in [2.45, 2.75) is 123 Å². The number of aliphatic hydroxyl groups excluding tert-OH is 1. The van der Waals surface area contributed by atoms with Gasteiger partial charge in [-0.15, -0.1) is 0 Å². The molecule has 0 amide bonds. The predicted octanol–water partition coefficient (Wildman–Crippen LogP) is 6.35. The number of ether oxygens (including phenoxy) is 2. The van der Waals surface area contributed by atoms with Gasteiger partial charge in [0.2, 0.25) is 0 Å². The fourth-order valence-corrected chi connectivity index (χ4v) is 3.06. The molecule has 0 rings (SSSR count). The van der Waals surface area contributed by atoms with Gasteiger partial charge in [-0.1, -0.05) is 70.4 Å². The summed E-state index contributed by atoms with van der Waals surface area (Å²) < 4.78 is 10.6. The Morgan fingerprint density at radius 1 is 0.821 bits per heavy atom. The first-order valence-corrected chi connectivity index (χ1v) is 11.7. The Labute approximate surface area is 174 Å². The number of carbonyl (C=O) groups excluding carboxylic acids is 1. The number of unbranched alkanes of at least 4 members (excludes halogenated alkanes) is 11. The van der Waals surface area contributed by atoms with E-state index >= 15 is 0 Å². The van der Waals surface area contributed by atoms with Crippen molar-refractivity contribution in [2.75, 3.05) is 13.2 Å². The standard InChI is InChI=1S/C24H46O4/c1-4-5-6-7-8-9-10-11-12-13-14-15-16-17-18-19-24(26)28-23(3)21-27-20-22(2)25/h11-12,22-23,25H,4-10,13-21H2,1-3H3. The van der Waals surface area contributed by atoms with Crippen LogP contribution in [0, 0.1) is 0 Å². The molecule has 166 valence electrons. The molecule has 2 atom stereocenters. The maximum atomic E-state index is 11.7. The van der Waals surface area contributed by atoms with Crippen LogP contribution in [0.1, 0.15) is 111 Å². The minimum absolute atomic E-state index is 0.147. The summed E-state index contributed by atoms with van der Waals surface area (Å²) in [5.41, 5.74) is 0. The quantitative estimate of drug-likeness (QED) is 0.147. The molecule has 0 bridgehead atoms. The second-order valence-electron chi connectivity index (χ2n) is 8.02. The molecule has 1 N–H and O–H groups in total. The molecule has 0 aliphatic heterocycles. The highest BCUT2D eigenvalue weighted by molar-refractivity contribution is 5.69. The van der Waals surface area contributed by atoms with Crippen molar-refractivity contribution in [3.05, 3.63) is 12.2 Å². The molecule has 28 heavy (non-hydrogen) atoms. The Kier molecular flexibility index (Phi) is 20.2. The molecule has 0 heterocycles. The molecule has 2 unspecified atom stereocenters. The molecule has 4 heteroatoms. The first-order valence-electron chi connectivity index (χ1n) is 11.7. The van der Waals surface area contributed by atoms with Crippen molar-refractivity contribution < 1.29 is 19.4 Å². The summed E-state index contributed by atoms with van der Waals surface area (Å²) in [7, 11) is 0. The highest BCUT2D eigenvalue weighted by atomic mass is 16.6. The predicted molar refractivity (Wildman–Crippen MR) is 118 cm³/mol. The van der Waals surface area contributed by atoms with Crippen LogP contribution in [0.4, 0.5) is 0 Å². The third-order valence-corrected chi connectivity index (χ3v) is 4.69. The van der Waals surface area contributed by atoms with Crippen LogP contribution in [-0.2, 0) is 14.3 Å². The molecule has 4 nitrogen and oxygen atoms in total. The molecule has 0 saturated heterocycles. The minimum atomic E-state index is -0.487. The lowest BCUT2D eigenvalue weighted by atomic mass is 10.1. The zero-order chi connectivity index (χ0) is 20.9. The third-order valence-electron chi connectivity index (χ3n) is 4.69. The normalized spacial score (nSPS) is 13.7. The van der Waals surface area contributed by atoms with Crippen molar-refractivity contribution >= 4 is 5.97 Å². The molecule has 0 radical (unpaired) electrons. The minimum Gasteiger partial charge on any atom is -0.460 e. The summed E-state index contributed by atoms with van der Waals surface area (Å²) in [6, 6.07) is 0. The van der Waals surface area contributed by atoms with E-state index in [-0.39, 0.29) is 18.7 Å². The van der Waals surface area contributed by atoms with Crippen LogP contribution in [0.5, 0.6) is 0 Å². The van der Waals surface area contributed by atoms with Crippen molar-refractivity contribution in [1.82, 2.24) is 0 Å². The van der Waals surface area contributed by atoms with Crippen LogP contribution < -0.4 is 0 Å². The number of carbonyl (C=O) groups is 1. The number of esters is 1. The van der Waals surface area contributed by atoms with Crippen LogP contribution in [0.3, 0.4) is 0 Å². The van der Waals surface area contributed by atoms with Crippen LogP contribution in [0.15, 0.2) is 12.2 Å². The molecule has 0 saturated carbocycles. The van der Waals surface area contributed by atoms with Gasteiger partial charge in [-0.2, -0.15) is 0 Å². The molecule has 0 aromatic rings. The molecular formula is C24H46O4. The third kappa shape index (κ3) is 21.4. The Hall–Kier alpha value is -0.870. The largest absolute Gasteiger partial charge is 0.460 e. The van der Waals surface area contributed by atoms with Crippen LogP contribution >= 0.6 is 0 Å². The molecule has 0 spiro atoms. The summed E-state index contributed by atoms with van der Waals surface area (Å²) in [6.07, 6.45) is 20.7. The number of rotatable bonds is 20. The van der Waals surface area contributed by atoms with Crippen molar-refractivity contribution in [1.29, 1.82) is 0 Å². The maximum Gasteiger partial charge on any atom is 0.306 e. The van der Waals surface area contributed by atoms with Gasteiger partial charge in [-0.3, -0.25) is 4.79 Å². The van der Waals surface area contributed by atoms with Gasteiger partial charge < -0.3 is 14.6 Å². The molecule has 0 aliphatic carbocycles. The summed E-state index contributed by atoms with van der Waals surface area (Å²) in [4.78, 5) is 11.7. The van der Waals surface area contributed by atoms with Crippen molar-refractivity contribution in [2.24, 2.45) is 0 Å². The first-order chi connectivity index (χ1) is 13.6. The molecule has 0 aliphatic rings. The second-order valence-corrected chi connectivity index (χ2v) is 8.02. The zero-order valence-electron chi connectivity index (χ0n) is 18.8. The summed E-state index contributed by atoms with van der Waals surface area (Å²) in [5.74, 6) is -0.147. The Balaban J connectivity index is 3.33. The van der Waals surface area contributed by atoms with E-state index in [2.05, 4.69) is 19.1 Å². The second kappa shape index (κ2) is 20.9. The Morgan fingerprint density at radius 3 is 1.93 bits per heavy atom. The number of aliphatic hydroxyl groups is 1. The Bertz CT molecular complexity index is 366. The van der Waals surface area contributed by atoms with Gasteiger partial charge in [0.05, 0.1) is 19.3 Å². The fraction of sp³-hybridized carbons (Fsp3) is 0.875. The fourth-order valence-electron chi connectivity index (χ4n) is 3.06. The molecule has 0 fully saturated rings. The maximum absolute atomic E-state index is 11.7. The summed E-state index contributed by atoms with van der Waals surface area (Å²) >= 11 is 0. The first kappa shape index (κ1) is 27.1. The monoisotopic (exact) mass is 398 g/mol. The lowest BCUT2D eigenvalue weighted by molar-refractivity contribution is -0.151. The smallest absolute Gasteiger partial charge is 0.306 e. The average molecular weight is 399 g/mol. The highest BCUT2D eigenvalue weighted by Crippen LogP contribution is 2.10. The van der Waals surface area contributed by atoms with Crippen LogP contribution in [0.2, 0.25) is 0 Å². The number of hydrogen-bond acceptors (Lipinski definition) is 4. The Morgan fingerprint density at radius 2 is 1.36 bits per heavy atom. The summed E-state index contributed by atoms with van der Waals surface area (Å²) in [6.45, 7) is 6.36. The van der Waals surface area contributed by atoms with Crippen molar-refractivity contribution in [3.8, 4) is 0 Å². The van der Waals surface area contributed by atoms with Gasteiger partial charge in [0.15, 0.2) is 0 Å². The lowest BCUT2D eigenvalue weighted by Gasteiger charge is -2.14. The van der Waals surface area contributed by atoms with E-state index in [0.29, 0.717) is 13.0 Å². The van der Waals surface area contributed by atoms with Gasteiger partial charge in [0, 0.05) is 6.42 Å². The van der Waals surface area contributed by atoms with Crippen LogP contribution in [-0.4, -0.2) is 36.5 Å². The lowest BCUT2D eigenvalue weighted by Crippen LogP contribution is -2.22. The van der Waals surface area contributed by atoms with E-state index in [4.69, 9.17) is 14.6 Å². The van der Waals surface area contributed by atoms with Crippen molar-refractivity contribution in [3.63, 3.8) is 0 Å². The molecule has 0 aromatic heterocycles. The van der Waals surface area contributed by atoms with Gasteiger partial charge in [-0.05, 0) is 46.0 Å². The van der Waals surface area contributed by atoms with E-state index in [1.807, 2.05) is 6.92 Å². The van der Waals surface area contributed by atoms with Gasteiger partial charge in [0.25, 0.3) is 0 Å². The molecular weight excluding hydrogens is 352 g/mol. The topological polar surface area (TPSA) is 55.8 Å². The van der Waals surface area contributed by atoms with Gasteiger partial charge in [0.1, 0.15) is 6.10 Å². The number of hydrogen-bond donors (Lipinski definition) is 1. The summed E-state index contributed by atoms with van der Waals surface area (Å²) in [5, 5.41) is 9.11. The average Bonchev–Trinajstić information content (AvgIpc) is 2.64. The van der Waals surface area contributed by atoms with E-state index in [9.17, 15) is 4.79 Å². The van der Waals surface area contributed by atoms with E-state index in [1.54, 1.807) is 6.92 Å². The van der Waals surface area contributed by atoms with E-state index < -0.39 is 6.10 Å². The van der Waals surface area contributed by atoms with E-state index in [0.717, 1.165) is 12.8 Å². The number of allylic oxidation sites excluding steroid dienone is 2. The zero-order valence-corrected chi connectivity index (χ0v) is 18.8. The highest BCUT2D eigenvalue weighted by Gasteiger charge is 2.09. The van der Waals surface area contributed by atoms with Gasteiger partial charge >= 0.3 is 5.97 Å².